The highest BCUT2D eigenvalue weighted by molar-refractivity contribution is 6.08. The average molecular weight is 280 g/mol. The Hall–Kier alpha value is -2.81. The smallest absolute Gasteiger partial charge is 0.189 e. The maximum absolute atomic E-state index is 12.1. The molecule has 0 aliphatic rings. The molecule has 106 valence electrons. The van der Waals surface area contributed by atoms with Gasteiger partial charge in [0.25, 0.3) is 0 Å². The van der Waals surface area contributed by atoms with E-state index in [0.717, 1.165) is 5.56 Å². The first-order valence-electron chi connectivity index (χ1n) is 6.55. The van der Waals surface area contributed by atoms with Crippen LogP contribution in [0.25, 0.3) is 6.08 Å². The molecule has 2 aromatic carbocycles. The molecule has 0 aliphatic carbocycles. The molecule has 0 fully saturated rings. The number of hydrogen-bond acceptors (Lipinski definition) is 3. The number of aromatic hydroxyl groups is 1. The molecule has 0 unspecified atom stereocenters. The summed E-state index contributed by atoms with van der Waals surface area (Å²) >= 11 is 0. The summed E-state index contributed by atoms with van der Waals surface area (Å²) in [7, 11) is 0. The standard InChI is InChI=1S/C18H16O3/c1-2-12-21-15-9-10-16(18(20)13-15)17(19)11-8-14-6-4-3-5-7-14/h2-11,13,20H,1,12H2. The molecule has 0 atom stereocenters. The molecule has 0 aliphatic heterocycles. The fourth-order valence-corrected chi connectivity index (χ4v) is 1.79. The van der Waals surface area contributed by atoms with Crippen molar-refractivity contribution < 1.29 is 14.6 Å². The minimum Gasteiger partial charge on any atom is -0.507 e. The summed E-state index contributed by atoms with van der Waals surface area (Å²) in [5, 5.41) is 9.90. The van der Waals surface area contributed by atoms with Crippen LogP contribution < -0.4 is 4.74 Å². The van der Waals surface area contributed by atoms with E-state index in [0.29, 0.717) is 12.4 Å². The van der Waals surface area contributed by atoms with Gasteiger partial charge in [0, 0.05) is 6.07 Å². The van der Waals surface area contributed by atoms with Crippen LogP contribution in [0.3, 0.4) is 0 Å². The predicted octanol–water partition coefficient (Wildman–Crippen LogP) is 3.85. The largest absolute Gasteiger partial charge is 0.507 e. The molecule has 2 rings (SSSR count). The lowest BCUT2D eigenvalue weighted by atomic mass is 10.1. The van der Waals surface area contributed by atoms with E-state index < -0.39 is 0 Å². The van der Waals surface area contributed by atoms with Gasteiger partial charge in [-0.15, -0.1) is 0 Å². The molecule has 0 amide bonds. The van der Waals surface area contributed by atoms with Crippen LogP contribution in [0.5, 0.6) is 11.5 Å². The van der Waals surface area contributed by atoms with E-state index in [2.05, 4.69) is 6.58 Å². The van der Waals surface area contributed by atoms with Gasteiger partial charge in [0.2, 0.25) is 0 Å². The third-order valence-corrected chi connectivity index (χ3v) is 2.83. The van der Waals surface area contributed by atoms with Gasteiger partial charge in [-0.05, 0) is 23.8 Å². The summed E-state index contributed by atoms with van der Waals surface area (Å²) in [6.45, 7) is 3.89. The van der Waals surface area contributed by atoms with Gasteiger partial charge in [0.05, 0.1) is 5.56 Å². The maximum Gasteiger partial charge on any atom is 0.189 e. The Morgan fingerprint density at radius 2 is 1.95 bits per heavy atom. The summed E-state index contributed by atoms with van der Waals surface area (Å²) in [5.74, 6) is 0.141. The van der Waals surface area contributed by atoms with Gasteiger partial charge in [-0.25, -0.2) is 0 Å². The van der Waals surface area contributed by atoms with E-state index >= 15 is 0 Å². The van der Waals surface area contributed by atoms with Crippen LogP contribution in [-0.4, -0.2) is 17.5 Å². The number of benzene rings is 2. The number of phenols is 1. The van der Waals surface area contributed by atoms with Crippen LogP contribution >= 0.6 is 0 Å². The molecule has 0 radical (unpaired) electrons. The molecule has 3 heteroatoms. The number of carbonyl (C=O) groups excluding carboxylic acids is 1. The zero-order valence-electron chi connectivity index (χ0n) is 11.5. The van der Waals surface area contributed by atoms with E-state index in [4.69, 9.17) is 4.74 Å². The van der Waals surface area contributed by atoms with Gasteiger partial charge < -0.3 is 9.84 Å². The lowest BCUT2D eigenvalue weighted by Crippen LogP contribution is -1.97. The summed E-state index contributed by atoms with van der Waals surface area (Å²) in [5.41, 5.74) is 1.17. The Balaban J connectivity index is 2.12. The minimum absolute atomic E-state index is 0.0979. The molecular weight excluding hydrogens is 264 g/mol. The van der Waals surface area contributed by atoms with E-state index in [1.807, 2.05) is 30.3 Å². The average Bonchev–Trinajstić information content (AvgIpc) is 2.51. The van der Waals surface area contributed by atoms with Crippen molar-refractivity contribution in [1.29, 1.82) is 0 Å². The summed E-state index contributed by atoms with van der Waals surface area (Å²) < 4.78 is 5.29. The third kappa shape index (κ3) is 4.08. The number of allylic oxidation sites excluding steroid dienone is 1. The zero-order chi connectivity index (χ0) is 15.1. The van der Waals surface area contributed by atoms with Gasteiger partial charge >= 0.3 is 0 Å². The van der Waals surface area contributed by atoms with Crippen LogP contribution in [0.15, 0.2) is 67.3 Å². The van der Waals surface area contributed by atoms with Crippen molar-refractivity contribution in [3.63, 3.8) is 0 Å². The molecular formula is C18H16O3. The Kier molecular flexibility index (Phi) is 4.94. The molecule has 0 aromatic heterocycles. The first-order valence-corrected chi connectivity index (χ1v) is 6.55. The monoisotopic (exact) mass is 280 g/mol. The first-order chi connectivity index (χ1) is 10.2. The van der Waals surface area contributed by atoms with Crippen molar-refractivity contribution in [2.75, 3.05) is 6.61 Å². The first kappa shape index (κ1) is 14.6. The molecule has 0 saturated carbocycles. The highest BCUT2D eigenvalue weighted by atomic mass is 16.5. The van der Waals surface area contributed by atoms with Crippen molar-refractivity contribution in [1.82, 2.24) is 0 Å². The van der Waals surface area contributed by atoms with Crippen molar-refractivity contribution in [2.45, 2.75) is 0 Å². The quantitative estimate of drug-likeness (QED) is 0.496. The van der Waals surface area contributed by atoms with Crippen LogP contribution in [-0.2, 0) is 0 Å². The second kappa shape index (κ2) is 7.10. The lowest BCUT2D eigenvalue weighted by Gasteiger charge is -2.06. The minimum atomic E-state index is -0.258. The topological polar surface area (TPSA) is 46.5 Å². The van der Waals surface area contributed by atoms with Crippen LogP contribution in [0, 0.1) is 0 Å². The van der Waals surface area contributed by atoms with Crippen LogP contribution in [0.1, 0.15) is 15.9 Å². The van der Waals surface area contributed by atoms with E-state index in [-0.39, 0.29) is 17.1 Å². The van der Waals surface area contributed by atoms with Crippen LogP contribution in [0.2, 0.25) is 0 Å². The Labute approximate surface area is 123 Å². The number of ketones is 1. The van der Waals surface area contributed by atoms with E-state index in [9.17, 15) is 9.90 Å². The molecule has 0 spiro atoms. The molecule has 3 nitrogen and oxygen atoms in total. The van der Waals surface area contributed by atoms with Crippen LogP contribution in [0.4, 0.5) is 0 Å². The molecule has 0 heterocycles. The normalized spacial score (nSPS) is 10.5. The van der Waals surface area contributed by atoms with Crippen molar-refractivity contribution >= 4 is 11.9 Å². The summed E-state index contributed by atoms with van der Waals surface area (Å²) in [4.78, 5) is 12.1. The van der Waals surface area contributed by atoms with Crippen molar-refractivity contribution in [2.24, 2.45) is 0 Å². The Morgan fingerprint density at radius 1 is 1.19 bits per heavy atom. The number of hydrogen-bond donors (Lipinski definition) is 1. The number of carbonyl (C=O) groups is 1. The maximum atomic E-state index is 12.1. The van der Waals surface area contributed by atoms with Crippen molar-refractivity contribution in [3.05, 3.63) is 78.4 Å². The van der Waals surface area contributed by atoms with Gasteiger partial charge in [-0.1, -0.05) is 49.1 Å². The lowest BCUT2D eigenvalue weighted by molar-refractivity contribution is 0.104. The van der Waals surface area contributed by atoms with Gasteiger partial charge in [0.15, 0.2) is 5.78 Å². The molecule has 2 aromatic rings. The molecule has 1 N–H and O–H groups in total. The van der Waals surface area contributed by atoms with Gasteiger partial charge in [-0.2, -0.15) is 0 Å². The Morgan fingerprint density at radius 3 is 2.62 bits per heavy atom. The van der Waals surface area contributed by atoms with Crippen molar-refractivity contribution in [3.8, 4) is 11.5 Å². The fraction of sp³-hybridized carbons (Fsp3) is 0.0556. The van der Waals surface area contributed by atoms with E-state index in [1.54, 1.807) is 24.3 Å². The Bertz CT molecular complexity index is 657. The SMILES string of the molecule is C=CCOc1ccc(C(=O)C=Cc2ccccc2)c(O)c1. The highest BCUT2D eigenvalue weighted by Crippen LogP contribution is 2.24. The van der Waals surface area contributed by atoms with Gasteiger partial charge in [0.1, 0.15) is 18.1 Å². The second-order valence-corrected chi connectivity index (χ2v) is 4.39. The van der Waals surface area contributed by atoms with Gasteiger partial charge in [-0.3, -0.25) is 4.79 Å². The molecule has 0 bridgehead atoms. The zero-order valence-corrected chi connectivity index (χ0v) is 11.5. The predicted molar refractivity (Wildman–Crippen MR) is 83.6 cm³/mol. The molecule has 0 saturated heterocycles. The third-order valence-electron chi connectivity index (χ3n) is 2.83. The summed E-state index contributed by atoms with van der Waals surface area (Å²) in [6.07, 6.45) is 4.76. The van der Waals surface area contributed by atoms with E-state index in [1.165, 1.54) is 12.1 Å². The number of ether oxygens (including phenoxy) is 1. The summed E-state index contributed by atoms with van der Waals surface area (Å²) in [6, 6.07) is 14.1. The number of rotatable bonds is 6. The highest BCUT2D eigenvalue weighted by Gasteiger charge is 2.09. The molecule has 21 heavy (non-hydrogen) atoms. The number of phenolic OH excluding ortho intramolecular Hbond substituents is 1. The second-order valence-electron chi connectivity index (χ2n) is 4.39. The fourth-order valence-electron chi connectivity index (χ4n) is 1.79.